The molecule has 2 rings (SSSR count). The van der Waals surface area contributed by atoms with Crippen LogP contribution in [0.4, 0.5) is 0 Å². The maximum absolute atomic E-state index is 10.5. The number of carboxylic acid groups (broad SMARTS) is 1. The molecule has 0 radical (unpaired) electrons. The maximum atomic E-state index is 10.5. The summed E-state index contributed by atoms with van der Waals surface area (Å²) in [4.78, 5) is 12.7. The molecule has 0 aromatic carbocycles. The fraction of sp³-hybridized carbons (Fsp3) is 0.909. The molecular formula is C11H19NO3. The summed E-state index contributed by atoms with van der Waals surface area (Å²) in [6.45, 7) is 2.77. The molecule has 2 unspecified atom stereocenters. The Hall–Kier alpha value is -0.610. The number of carbonyl (C=O) groups is 1. The van der Waals surface area contributed by atoms with Crippen molar-refractivity contribution in [1.82, 2.24) is 4.90 Å². The van der Waals surface area contributed by atoms with Crippen LogP contribution in [0.25, 0.3) is 0 Å². The van der Waals surface area contributed by atoms with E-state index >= 15 is 0 Å². The lowest BCUT2D eigenvalue weighted by atomic mass is 9.82. The smallest absolute Gasteiger partial charge is 0.304 e. The Morgan fingerprint density at radius 1 is 1.53 bits per heavy atom. The van der Waals surface area contributed by atoms with Crippen LogP contribution in [0.5, 0.6) is 0 Å². The summed E-state index contributed by atoms with van der Waals surface area (Å²) in [7, 11) is 0. The largest absolute Gasteiger partial charge is 0.481 e. The van der Waals surface area contributed by atoms with Crippen LogP contribution < -0.4 is 0 Å². The number of aliphatic hydroxyl groups is 1. The van der Waals surface area contributed by atoms with Crippen molar-refractivity contribution in [3.8, 4) is 0 Å². The van der Waals surface area contributed by atoms with E-state index in [1.165, 1.54) is 12.8 Å². The Balaban J connectivity index is 1.90. The summed E-state index contributed by atoms with van der Waals surface area (Å²) in [5, 5.41) is 18.1. The second-order valence-corrected chi connectivity index (χ2v) is 4.99. The van der Waals surface area contributed by atoms with Crippen molar-refractivity contribution in [2.45, 2.75) is 25.7 Å². The van der Waals surface area contributed by atoms with Crippen LogP contribution in [0.15, 0.2) is 0 Å². The number of aliphatic hydroxyl groups excluding tert-OH is 1. The Kier molecular flexibility index (Phi) is 2.98. The fourth-order valence-corrected chi connectivity index (χ4v) is 3.21. The predicted octanol–water partition coefficient (Wildman–Crippen LogP) is 0.555. The van der Waals surface area contributed by atoms with Crippen LogP contribution in [0.2, 0.25) is 0 Å². The minimum atomic E-state index is -0.731. The molecule has 1 saturated carbocycles. The fourth-order valence-electron chi connectivity index (χ4n) is 3.21. The van der Waals surface area contributed by atoms with E-state index in [-0.39, 0.29) is 18.4 Å². The molecule has 1 aliphatic heterocycles. The molecule has 4 nitrogen and oxygen atoms in total. The highest BCUT2D eigenvalue weighted by atomic mass is 16.4. The van der Waals surface area contributed by atoms with Gasteiger partial charge in [-0.25, -0.2) is 0 Å². The number of nitrogens with zero attached hydrogens (tertiary/aromatic N) is 1. The van der Waals surface area contributed by atoms with Crippen molar-refractivity contribution < 1.29 is 15.0 Å². The molecule has 4 heteroatoms. The highest BCUT2D eigenvalue weighted by molar-refractivity contribution is 5.66. The van der Waals surface area contributed by atoms with Crippen LogP contribution in [-0.2, 0) is 4.79 Å². The second kappa shape index (κ2) is 4.10. The Morgan fingerprint density at radius 3 is 2.93 bits per heavy atom. The van der Waals surface area contributed by atoms with Gasteiger partial charge in [0.2, 0.25) is 0 Å². The van der Waals surface area contributed by atoms with E-state index in [0.717, 1.165) is 19.5 Å². The lowest BCUT2D eigenvalue weighted by Crippen LogP contribution is -2.31. The molecule has 2 aliphatic rings. The molecule has 0 amide bonds. The van der Waals surface area contributed by atoms with Crippen LogP contribution in [0.3, 0.4) is 0 Å². The predicted molar refractivity (Wildman–Crippen MR) is 55.6 cm³/mol. The molecule has 86 valence electrons. The average Bonchev–Trinajstić information content (AvgIpc) is 2.70. The summed E-state index contributed by atoms with van der Waals surface area (Å²) in [5.41, 5.74) is 0.0957. The van der Waals surface area contributed by atoms with Crippen molar-refractivity contribution in [2.75, 3.05) is 26.2 Å². The number of rotatable bonds is 4. The van der Waals surface area contributed by atoms with Gasteiger partial charge in [0.05, 0.1) is 13.0 Å². The van der Waals surface area contributed by atoms with Gasteiger partial charge in [-0.05, 0) is 18.8 Å². The first-order valence-corrected chi connectivity index (χ1v) is 5.71. The zero-order valence-electron chi connectivity index (χ0n) is 8.98. The Morgan fingerprint density at radius 2 is 2.33 bits per heavy atom. The molecular weight excluding hydrogens is 194 g/mol. The summed E-state index contributed by atoms with van der Waals surface area (Å²) in [5.74, 6) is -0.138. The highest BCUT2D eigenvalue weighted by Gasteiger charge is 2.48. The van der Waals surface area contributed by atoms with Crippen molar-refractivity contribution in [1.29, 1.82) is 0 Å². The zero-order chi connectivity index (χ0) is 10.9. The van der Waals surface area contributed by atoms with Gasteiger partial charge in [-0.15, -0.1) is 0 Å². The molecule has 1 aliphatic carbocycles. The van der Waals surface area contributed by atoms with E-state index < -0.39 is 5.97 Å². The summed E-state index contributed by atoms with van der Waals surface area (Å²) >= 11 is 0. The third-order valence-corrected chi connectivity index (χ3v) is 4.07. The van der Waals surface area contributed by atoms with Gasteiger partial charge in [0.15, 0.2) is 0 Å². The normalized spacial score (nSPS) is 35.7. The number of likely N-dealkylation sites (tertiary alicyclic amines) is 1. The zero-order valence-corrected chi connectivity index (χ0v) is 8.98. The van der Waals surface area contributed by atoms with Gasteiger partial charge >= 0.3 is 5.97 Å². The van der Waals surface area contributed by atoms with Gasteiger partial charge in [0.25, 0.3) is 0 Å². The second-order valence-electron chi connectivity index (χ2n) is 4.99. The minimum Gasteiger partial charge on any atom is -0.481 e. The summed E-state index contributed by atoms with van der Waals surface area (Å²) < 4.78 is 0. The van der Waals surface area contributed by atoms with Gasteiger partial charge < -0.3 is 15.1 Å². The summed E-state index contributed by atoms with van der Waals surface area (Å²) in [6.07, 6.45) is 3.74. The van der Waals surface area contributed by atoms with Crippen LogP contribution in [-0.4, -0.2) is 47.3 Å². The first-order valence-electron chi connectivity index (χ1n) is 5.71. The Labute approximate surface area is 89.9 Å². The van der Waals surface area contributed by atoms with E-state index in [0.29, 0.717) is 12.5 Å². The molecule has 2 N–H and O–H groups in total. The van der Waals surface area contributed by atoms with Gasteiger partial charge in [0, 0.05) is 25.0 Å². The lowest BCUT2D eigenvalue weighted by Gasteiger charge is -2.26. The Bertz CT molecular complexity index is 256. The standard InChI is InChI=1S/C11H19NO3/c13-8-11-4-1-2-9(11)6-12(7-11)5-3-10(14)15/h9,13H,1-8H2,(H,14,15). The molecule has 0 aromatic heterocycles. The molecule has 0 spiro atoms. The number of hydrogen-bond acceptors (Lipinski definition) is 3. The first kappa shape index (κ1) is 10.9. The number of hydrogen-bond donors (Lipinski definition) is 2. The number of aliphatic carboxylic acids is 1. The van der Waals surface area contributed by atoms with Crippen molar-refractivity contribution in [3.63, 3.8) is 0 Å². The van der Waals surface area contributed by atoms with Gasteiger partial charge in [-0.2, -0.15) is 0 Å². The molecule has 2 fully saturated rings. The lowest BCUT2D eigenvalue weighted by molar-refractivity contribution is -0.137. The van der Waals surface area contributed by atoms with Crippen LogP contribution in [0.1, 0.15) is 25.7 Å². The van der Waals surface area contributed by atoms with Gasteiger partial charge in [-0.3, -0.25) is 4.79 Å². The maximum Gasteiger partial charge on any atom is 0.304 e. The van der Waals surface area contributed by atoms with E-state index in [1.807, 2.05) is 0 Å². The van der Waals surface area contributed by atoms with Crippen molar-refractivity contribution >= 4 is 5.97 Å². The third-order valence-electron chi connectivity index (χ3n) is 4.07. The number of carboxylic acids is 1. The van der Waals surface area contributed by atoms with E-state index in [4.69, 9.17) is 5.11 Å². The molecule has 1 saturated heterocycles. The molecule has 15 heavy (non-hydrogen) atoms. The monoisotopic (exact) mass is 213 g/mol. The molecule has 2 atom stereocenters. The van der Waals surface area contributed by atoms with E-state index in [2.05, 4.69) is 4.90 Å². The molecule has 0 bridgehead atoms. The highest BCUT2D eigenvalue weighted by Crippen LogP contribution is 2.48. The third kappa shape index (κ3) is 2.01. The quantitative estimate of drug-likeness (QED) is 0.716. The van der Waals surface area contributed by atoms with Gasteiger partial charge in [-0.1, -0.05) is 6.42 Å². The topological polar surface area (TPSA) is 60.8 Å². The van der Waals surface area contributed by atoms with Crippen molar-refractivity contribution in [3.05, 3.63) is 0 Å². The first-order chi connectivity index (χ1) is 7.16. The van der Waals surface area contributed by atoms with E-state index in [1.54, 1.807) is 0 Å². The van der Waals surface area contributed by atoms with Crippen molar-refractivity contribution in [2.24, 2.45) is 11.3 Å². The summed E-state index contributed by atoms with van der Waals surface area (Å²) in [6, 6.07) is 0. The number of fused-ring (bicyclic) bond motifs is 1. The van der Waals surface area contributed by atoms with Gasteiger partial charge in [0.1, 0.15) is 0 Å². The molecule has 0 aromatic rings. The minimum absolute atomic E-state index is 0.0957. The average molecular weight is 213 g/mol. The van der Waals surface area contributed by atoms with E-state index in [9.17, 15) is 9.90 Å². The van der Waals surface area contributed by atoms with Crippen LogP contribution >= 0.6 is 0 Å². The SMILES string of the molecule is O=C(O)CCN1CC2CCCC2(CO)C1. The molecule has 1 heterocycles. The van der Waals surface area contributed by atoms with Crippen LogP contribution in [0, 0.1) is 11.3 Å².